The molecular formula is C17H17F3N2O3. The summed E-state index contributed by atoms with van der Waals surface area (Å²) in [5, 5.41) is 2.64. The number of benzene rings is 1. The molecule has 0 aliphatic rings. The third-order valence-electron chi connectivity index (χ3n) is 3.16. The molecule has 0 aliphatic carbocycles. The average molecular weight is 354 g/mol. The molecule has 0 saturated heterocycles. The van der Waals surface area contributed by atoms with Crippen LogP contribution >= 0.6 is 0 Å². The number of nitrogens with one attached hydrogen (secondary N) is 1. The van der Waals surface area contributed by atoms with Gasteiger partial charge in [-0.25, -0.2) is 4.98 Å². The summed E-state index contributed by atoms with van der Waals surface area (Å²) in [4.78, 5) is 16.0. The Labute approximate surface area is 142 Å². The quantitative estimate of drug-likeness (QED) is 0.830. The van der Waals surface area contributed by atoms with Gasteiger partial charge < -0.3 is 14.8 Å². The fourth-order valence-corrected chi connectivity index (χ4v) is 2.09. The van der Waals surface area contributed by atoms with Gasteiger partial charge in [-0.2, -0.15) is 13.2 Å². The first-order valence-corrected chi connectivity index (χ1v) is 7.38. The lowest BCUT2D eigenvalue weighted by atomic mass is 10.1. The van der Waals surface area contributed by atoms with Crippen molar-refractivity contribution >= 4 is 5.91 Å². The normalized spacial score (nSPS) is 11.2. The molecule has 1 N–H and O–H groups in total. The first kappa shape index (κ1) is 18.7. The van der Waals surface area contributed by atoms with E-state index in [-0.39, 0.29) is 18.3 Å². The zero-order chi connectivity index (χ0) is 18.3. The van der Waals surface area contributed by atoms with Crippen LogP contribution in [0.3, 0.4) is 0 Å². The van der Waals surface area contributed by atoms with Gasteiger partial charge in [0.15, 0.2) is 6.61 Å². The van der Waals surface area contributed by atoms with Crippen molar-refractivity contribution in [2.24, 2.45) is 0 Å². The monoisotopic (exact) mass is 354 g/mol. The Hall–Kier alpha value is -2.61. The van der Waals surface area contributed by atoms with Crippen LogP contribution in [0, 0.1) is 0 Å². The minimum Gasteiger partial charge on any atom is -0.468 e. The van der Waals surface area contributed by atoms with E-state index in [1.54, 1.807) is 37.4 Å². The van der Waals surface area contributed by atoms with Crippen molar-refractivity contribution in [1.82, 2.24) is 10.3 Å². The van der Waals surface area contributed by atoms with Gasteiger partial charge in [0.2, 0.25) is 5.88 Å². The highest BCUT2D eigenvalue weighted by Crippen LogP contribution is 2.20. The molecule has 2 aromatic rings. The Balaban J connectivity index is 2.01. The Morgan fingerprint density at radius 2 is 2.04 bits per heavy atom. The maximum absolute atomic E-state index is 12.3. The summed E-state index contributed by atoms with van der Waals surface area (Å²) in [6.07, 6.45) is -3.13. The van der Waals surface area contributed by atoms with Crippen molar-refractivity contribution in [3.63, 3.8) is 0 Å². The second-order valence-corrected chi connectivity index (χ2v) is 5.19. The van der Waals surface area contributed by atoms with Crippen LogP contribution in [0.15, 0.2) is 42.6 Å². The van der Waals surface area contributed by atoms with Gasteiger partial charge in [-0.3, -0.25) is 4.79 Å². The molecule has 1 aromatic heterocycles. The molecule has 0 unspecified atom stereocenters. The summed E-state index contributed by atoms with van der Waals surface area (Å²) in [5.41, 5.74) is 1.62. The van der Waals surface area contributed by atoms with Crippen molar-refractivity contribution in [3.8, 4) is 5.88 Å². The van der Waals surface area contributed by atoms with E-state index < -0.39 is 12.8 Å². The van der Waals surface area contributed by atoms with Gasteiger partial charge in [0.25, 0.3) is 5.91 Å². The van der Waals surface area contributed by atoms with Gasteiger partial charge in [0, 0.05) is 31.0 Å². The molecule has 5 nitrogen and oxygen atoms in total. The van der Waals surface area contributed by atoms with Crippen LogP contribution in [-0.2, 0) is 17.9 Å². The highest BCUT2D eigenvalue weighted by molar-refractivity contribution is 5.94. The lowest BCUT2D eigenvalue weighted by Gasteiger charge is -2.12. The van der Waals surface area contributed by atoms with Gasteiger partial charge in [-0.05, 0) is 23.8 Å². The summed E-state index contributed by atoms with van der Waals surface area (Å²) in [6.45, 7) is -1.07. The van der Waals surface area contributed by atoms with Crippen molar-refractivity contribution in [2.45, 2.75) is 19.3 Å². The minimum absolute atomic E-state index is 0.00559. The molecule has 0 spiro atoms. The molecule has 25 heavy (non-hydrogen) atoms. The van der Waals surface area contributed by atoms with Gasteiger partial charge in [0.1, 0.15) is 0 Å². The van der Waals surface area contributed by atoms with Crippen LogP contribution in [0.25, 0.3) is 0 Å². The highest BCUT2D eigenvalue weighted by Gasteiger charge is 2.29. The van der Waals surface area contributed by atoms with E-state index in [1.807, 2.05) is 6.07 Å². The van der Waals surface area contributed by atoms with Gasteiger partial charge in [-0.1, -0.05) is 18.2 Å². The maximum Gasteiger partial charge on any atom is 0.422 e. The number of alkyl halides is 3. The number of carbonyl (C=O) groups is 1. The van der Waals surface area contributed by atoms with Gasteiger partial charge in [-0.15, -0.1) is 0 Å². The Kier molecular flexibility index (Phi) is 6.35. The van der Waals surface area contributed by atoms with E-state index in [0.717, 1.165) is 5.56 Å². The molecule has 2 rings (SSSR count). The second kappa shape index (κ2) is 8.48. The SMILES string of the molecule is COCc1cccc(C(=O)NCc2cccnc2OCC(F)(F)F)c1. The Morgan fingerprint density at radius 1 is 1.24 bits per heavy atom. The fourth-order valence-electron chi connectivity index (χ4n) is 2.09. The molecule has 1 amide bonds. The molecule has 1 aromatic carbocycles. The number of amides is 1. The standard InChI is InChI=1S/C17H17F3N2O3/c1-24-10-12-4-2-5-13(8-12)15(23)22-9-14-6-3-7-21-16(14)25-11-17(18,19)20/h2-8H,9-11H2,1H3,(H,22,23). The summed E-state index contributed by atoms with van der Waals surface area (Å²) >= 11 is 0. The molecule has 1 heterocycles. The molecule has 8 heteroatoms. The van der Waals surface area contributed by atoms with Gasteiger partial charge >= 0.3 is 6.18 Å². The third-order valence-corrected chi connectivity index (χ3v) is 3.16. The molecule has 0 fully saturated rings. The lowest BCUT2D eigenvalue weighted by Crippen LogP contribution is -2.24. The largest absolute Gasteiger partial charge is 0.468 e. The van der Waals surface area contributed by atoms with E-state index in [4.69, 9.17) is 4.74 Å². The van der Waals surface area contributed by atoms with E-state index in [2.05, 4.69) is 15.0 Å². The molecule has 0 radical (unpaired) electrons. The molecule has 0 atom stereocenters. The number of nitrogens with zero attached hydrogens (tertiary/aromatic N) is 1. The van der Waals surface area contributed by atoms with E-state index in [0.29, 0.717) is 17.7 Å². The van der Waals surface area contributed by atoms with Crippen molar-refractivity contribution in [1.29, 1.82) is 0 Å². The summed E-state index contributed by atoms with van der Waals surface area (Å²) in [6, 6.07) is 9.97. The second-order valence-electron chi connectivity index (χ2n) is 5.19. The van der Waals surface area contributed by atoms with Crippen molar-refractivity contribution < 1.29 is 27.4 Å². The maximum atomic E-state index is 12.3. The van der Waals surface area contributed by atoms with Crippen LogP contribution < -0.4 is 10.1 Å². The molecular weight excluding hydrogens is 337 g/mol. The van der Waals surface area contributed by atoms with Crippen LogP contribution in [0.4, 0.5) is 13.2 Å². The zero-order valence-electron chi connectivity index (χ0n) is 13.5. The topological polar surface area (TPSA) is 60.5 Å². The Bertz CT molecular complexity index is 720. The lowest BCUT2D eigenvalue weighted by molar-refractivity contribution is -0.154. The van der Waals surface area contributed by atoms with Crippen LogP contribution in [0.1, 0.15) is 21.5 Å². The van der Waals surface area contributed by atoms with Crippen molar-refractivity contribution in [3.05, 3.63) is 59.3 Å². The number of methoxy groups -OCH3 is 1. The number of aromatic nitrogens is 1. The minimum atomic E-state index is -4.46. The average Bonchev–Trinajstić information content (AvgIpc) is 2.58. The highest BCUT2D eigenvalue weighted by atomic mass is 19.4. The van der Waals surface area contributed by atoms with Crippen LogP contribution in [0.2, 0.25) is 0 Å². The molecule has 134 valence electrons. The molecule has 0 aliphatic heterocycles. The predicted octanol–water partition coefficient (Wildman–Crippen LogP) is 3.10. The number of pyridine rings is 1. The zero-order valence-corrected chi connectivity index (χ0v) is 13.5. The third kappa shape index (κ3) is 6.07. The summed E-state index contributed by atoms with van der Waals surface area (Å²) in [7, 11) is 1.55. The summed E-state index contributed by atoms with van der Waals surface area (Å²) in [5.74, 6) is -0.517. The molecule has 0 bridgehead atoms. The predicted molar refractivity (Wildman–Crippen MR) is 84.1 cm³/mol. The first-order valence-electron chi connectivity index (χ1n) is 7.38. The smallest absolute Gasteiger partial charge is 0.422 e. The van der Waals surface area contributed by atoms with E-state index in [9.17, 15) is 18.0 Å². The first-order chi connectivity index (χ1) is 11.9. The number of carbonyl (C=O) groups excluding carboxylic acids is 1. The number of hydrogen-bond acceptors (Lipinski definition) is 4. The van der Waals surface area contributed by atoms with Gasteiger partial charge in [0.05, 0.1) is 6.61 Å². The summed E-state index contributed by atoms with van der Waals surface area (Å²) < 4.78 is 46.5. The van der Waals surface area contributed by atoms with E-state index in [1.165, 1.54) is 6.20 Å². The molecule has 0 saturated carbocycles. The fraction of sp³-hybridized carbons (Fsp3) is 0.294. The van der Waals surface area contributed by atoms with Crippen molar-refractivity contribution in [2.75, 3.05) is 13.7 Å². The van der Waals surface area contributed by atoms with Crippen LogP contribution in [-0.4, -0.2) is 30.8 Å². The van der Waals surface area contributed by atoms with E-state index >= 15 is 0 Å². The Morgan fingerprint density at radius 3 is 2.76 bits per heavy atom. The number of rotatable bonds is 7. The number of halogens is 3. The van der Waals surface area contributed by atoms with Crippen LogP contribution in [0.5, 0.6) is 5.88 Å². The number of ether oxygens (including phenoxy) is 2. The number of hydrogen-bond donors (Lipinski definition) is 1.